The van der Waals surface area contributed by atoms with E-state index in [0.717, 1.165) is 42.6 Å². The lowest BCUT2D eigenvalue weighted by molar-refractivity contribution is -0.122. The summed E-state index contributed by atoms with van der Waals surface area (Å²) in [6, 6.07) is 13.3. The van der Waals surface area contributed by atoms with Crippen molar-refractivity contribution in [3.63, 3.8) is 0 Å². The molecule has 4 aliphatic carbocycles. The molecule has 0 spiro atoms. The number of hydrogen-bond donors (Lipinski definition) is 2. The smallest absolute Gasteiger partial charge is 0.262 e. The van der Waals surface area contributed by atoms with Crippen molar-refractivity contribution in [3.8, 4) is 5.75 Å². The van der Waals surface area contributed by atoms with E-state index in [1.165, 1.54) is 38.5 Å². The van der Waals surface area contributed by atoms with Crippen LogP contribution in [0.1, 0.15) is 44.1 Å². The summed E-state index contributed by atoms with van der Waals surface area (Å²) in [5.41, 5.74) is 1.13. The van der Waals surface area contributed by atoms with E-state index in [4.69, 9.17) is 4.74 Å². The first-order valence-electron chi connectivity index (χ1n) is 11.6. The van der Waals surface area contributed by atoms with Crippen LogP contribution in [0.4, 0.5) is 5.69 Å². The van der Waals surface area contributed by atoms with Gasteiger partial charge in [-0.1, -0.05) is 24.3 Å². The molecular weight excluding hydrogens is 436 g/mol. The first kappa shape index (κ1) is 22.0. The number of carbonyl (C=O) groups excluding carboxylic acids is 1. The first-order valence-corrected chi connectivity index (χ1v) is 13.1. The molecule has 2 aromatic carbocycles. The van der Waals surface area contributed by atoms with Crippen LogP contribution in [0.3, 0.4) is 0 Å². The van der Waals surface area contributed by atoms with Crippen LogP contribution in [-0.2, 0) is 14.8 Å². The molecule has 0 atom stereocenters. The second kappa shape index (κ2) is 8.52. The molecule has 6 nitrogen and oxygen atoms in total. The molecule has 0 saturated heterocycles. The number of hydrogen-bond acceptors (Lipinski definition) is 4. The normalized spacial score (nSPS) is 28.1. The van der Waals surface area contributed by atoms with E-state index in [1.54, 1.807) is 48.6 Å². The van der Waals surface area contributed by atoms with Gasteiger partial charge in [-0.2, -0.15) is 0 Å². The Morgan fingerprint density at radius 1 is 0.970 bits per heavy atom. The van der Waals surface area contributed by atoms with Gasteiger partial charge in [0.2, 0.25) is 5.91 Å². The average molecular weight is 467 g/mol. The van der Waals surface area contributed by atoms with E-state index >= 15 is 0 Å². The zero-order valence-electron chi connectivity index (χ0n) is 18.8. The second-order valence-corrected chi connectivity index (χ2v) is 11.6. The van der Waals surface area contributed by atoms with Gasteiger partial charge in [-0.25, -0.2) is 8.42 Å². The first-order chi connectivity index (χ1) is 15.8. The molecule has 2 N–H and O–H groups in total. The SMILES string of the molecule is COc1ccccc1NS(=O)(=O)c1ccc(/C=C/C(=O)NC23CC4CC(CC(C4)C2)C3)cc1. The summed E-state index contributed by atoms with van der Waals surface area (Å²) >= 11 is 0. The molecule has 4 bridgehead atoms. The zero-order valence-corrected chi connectivity index (χ0v) is 19.6. The Morgan fingerprint density at radius 2 is 1.58 bits per heavy atom. The number of nitrogens with one attached hydrogen (secondary N) is 2. The Morgan fingerprint density at radius 3 is 2.18 bits per heavy atom. The molecule has 0 aliphatic heterocycles. The topological polar surface area (TPSA) is 84.5 Å². The predicted molar refractivity (Wildman–Crippen MR) is 128 cm³/mol. The van der Waals surface area contributed by atoms with Crippen molar-refractivity contribution in [2.24, 2.45) is 17.8 Å². The Hall–Kier alpha value is -2.80. The molecule has 33 heavy (non-hydrogen) atoms. The van der Waals surface area contributed by atoms with Crippen LogP contribution in [0.5, 0.6) is 5.75 Å². The third kappa shape index (κ3) is 4.64. The summed E-state index contributed by atoms with van der Waals surface area (Å²) in [4.78, 5) is 12.8. The number of sulfonamides is 1. The molecule has 6 rings (SSSR count). The molecule has 2 aromatic rings. The number of anilines is 1. The van der Waals surface area contributed by atoms with Crippen LogP contribution in [0.25, 0.3) is 6.08 Å². The summed E-state index contributed by atoms with van der Waals surface area (Å²) in [6.45, 7) is 0. The maximum Gasteiger partial charge on any atom is 0.262 e. The summed E-state index contributed by atoms with van der Waals surface area (Å²) < 4.78 is 33.3. The standard InChI is InChI=1S/C26H30N2O4S/c1-32-24-5-3-2-4-23(24)28-33(30,31)22-9-6-18(7-10-22)8-11-25(29)27-26-15-19-12-20(16-26)14-21(13-19)17-26/h2-11,19-21,28H,12-17H2,1H3,(H,27,29)/b11-8+. The summed E-state index contributed by atoms with van der Waals surface area (Å²) in [5, 5.41) is 3.33. The second-order valence-electron chi connectivity index (χ2n) is 9.90. The van der Waals surface area contributed by atoms with Gasteiger partial charge in [0, 0.05) is 11.6 Å². The predicted octanol–water partition coefficient (Wildman–Crippen LogP) is 4.59. The van der Waals surface area contributed by atoms with Crippen molar-refractivity contribution in [3.05, 3.63) is 60.2 Å². The summed E-state index contributed by atoms with van der Waals surface area (Å²) in [5.74, 6) is 2.72. The van der Waals surface area contributed by atoms with Crippen molar-refractivity contribution >= 4 is 27.7 Å². The minimum absolute atomic E-state index is 0.0156. The lowest BCUT2D eigenvalue weighted by atomic mass is 9.53. The van der Waals surface area contributed by atoms with Crippen molar-refractivity contribution in [2.45, 2.75) is 49.0 Å². The fourth-order valence-corrected chi connectivity index (χ4v) is 7.50. The number of ether oxygens (including phenoxy) is 1. The largest absolute Gasteiger partial charge is 0.495 e. The quantitative estimate of drug-likeness (QED) is 0.585. The van der Waals surface area contributed by atoms with Crippen LogP contribution < -0.4 is 14.8 Å². The van der Waals surface area contributed by atoms with E-state index in [2.05, 4.69) is 10.0 Å². The van der Waals surface area contributed by atoms with Gasteiger partial charge in [-0.15, -0.1) is 0 Å². The molecule has 0 aromatic heterocycles. The molecule has 174 valence electrons. The highest BCUT2D eigenvalue weighted by molar-refractivity contribution is 7.92. The van der Waals surface area contributed by atoms with Crippen LogP contribution in [0.2, 0.25) is 0 Å². The van der Waals surface area contributed by atoms with Crippen LogP contribution in [0.15, 0.2) is 59.5 Å². The Bertz CT molecular complexity index is 1140. The van der Waals surface area contributed by atoms with Crippen molar-refractivity contribution < 1.29 is 17.9 Å². The molecular formula is C26H30N2O4S. The Balaban J connectivity index is 1.23. The van der Waals surface area contributed by atoms with E-state index in [0.29, 0.717) is 11.4 Å². The van der Waals surface area contributed by atoms with Crippen molar-refractivity contribution in [1.82, 2.24) is 5.32 Å². The van der Waals surface area contributed by atoms with Gasteiger partial charge in [0.1, 0.15) is 5.75 Å². The summed E-state index contributed by atoms with van der Waals surface area (Å²) in [6.07, 6.45) is 10.7. The highest BCUT2D eigenvalue weighted by Gasteiger charge is 2.51. The minimum Gasteiger partial charge on any atom is -0.495 e. The van der Waals surface area contributed by atoms with E-state index in [9.17, 15) is 13.2 Å². The average Bonchev–Trinajstić information content (AvgIpc) is 2.77. The molecule has 0 unspecified atom stereocenters. The molecule has 0 radical (unpaired) electrons. The lowest BCUT2D eigenvalue weighted by Gasteiger charge is -2.56. The van der Waals surface area contributed by atoms with Crippen molar-refractivity contribution in [1.29, 1.82) is 0 Å². The monoisotopic (exact) mass is 466 g/mol. The van der Waals surface area contributed by atoms with Gasteiger partial charge in [0.15, 0.2) is 0 Å². The third-order valence-corrected chi connectivity index (χ3v) is 8.78. The fourth-order valence-electron chi connectivity index (χ4n) is 6.43. The number of amides is 1. The molecule has 1 amide bonds. The number of methoxy groups -OCH3 is 1. The number of rotatable bonds is 7. The lowest BCUT2D eigenvalue weighted by Crippen LogP contribution is -2.59. The van der Waals surface area contributed by atoms with E-state index < -0.39 is 10.0 Å². The van der Waals surface area contributed by atoms with Gasteiger partial charge in [-0.05, 0) is 92.2 Å². The highest BCUT2D eigenvalue weighted by atomic mass is 32.2. The fraction of sp³-hybridized carbons (Fsp3) is 0.423. The highest BCUT2D eigenvalue weighted by Crippen LogP contribution is 2.55. The molecule has 4 fully saturated rings. The van der Waals surface area contributed by atoms with Gasteiger partial charge < -0.3 is 10.1 Å². The molecule has 0 heterocycles. The number of benzene rings is 2. The number of para-hydroxylation sites is 2. The number of carbonyl (C=O) groups is 1. The Labute approximate surface area is 195 Å². The summed E-state index contributed by atoms with van der Waals surface area (Å²) in [7, 11) is -2.26. The van der Waals surface area contributed by atoms with E-state index in [1.807, 2.05) is 0 Å². The van der Waals surface area contributed by atoms with Crippen molar-refractivity contribution in [2.75, 3.05) is 11.8 Å². The molecule has 4 saturated carbocycles. The van der Waals surface area contributed by atoms with Gasteiger partial charge in [0.05, 0.1) is 17.7 Å². The van der Waals surface area contributed by atoms with Crippen LogP contribution >= 0.6 is 0 Å². The van der Waals surface area contributed by atoms with Crippen LogP contribution in [0, 0.1) is 17.8 Å². The maximum absolute atomic E-state index is 12.8. The maximum atomic E-state index is 12.8. The minimum atomic E-state index is -3.76. The molecule has 7 heteroatoms. The van der Waals surface area contributed by atoms with Gasteiger partial charge in [0.25, 0.3) is 10.0 Å². The van der Waals surface area contributed by atoms with E-state index in [-0.39, 0.29) is 16.3 Å². The third-order valence-electron chi connectivity index (χ3n) is 7.40. The van der Waals surface area contributed by atoms with Crippen LogP contribution in [-0.4, -0.2) is 27.0 Å². The Kier molecular flexibility index (Phi) is 5.69. The van der Waals surface area contributed by atoms with Gasteiger partial charge in [-0.3, -0.25) is 9.52 Å². The zero-order chi connectivity index (χ0) is 23.1. The molecule has 4 aliphatic rings. The van der Waals surface area contributed by atoms with Gasteiger partial charge >= 0.3 is 0 Å².